The molecule has 25 heteroatoms. The third-order valence-electron chi connectivity index (χ3n) is 4.79. The first-order valence-electron chi connectivity index (χ1n) is 12.1. The van der Waals surface area contributed by atoms with E-state index in [4.69, 9.17) is 36.6 Å². The number of halogens is 22. The van der Waals surface area contributed by atoms with Crippen LogP contribution in [0.5, 0.6) is 0 Å². The second-order valence-electron chi connectivity index (χ2n) is 7.35. The summed E-state index contributed by atoms with van der Waals surface area (Å²) in [6.45, 7) is 2.38. The fourth-order valence-electron chi connectivity index (χ4n) is 2.63. The van der Waals surface area contributed by atoms with E-state index in [0.717, 1.165) is 0 Å². The molecule has 4 aromatic rings. The molecular weight excluding hydrogens is 1100 g/mol. The third kappa shape index (κ3) is 27.8. The van der Waals surface area contributed by atoms with Crippen molar-refractivity contribution in [2.75, 3.05) is 14.4 Å². The molecular formula is C29H26B2Br4F18Zn. The molecule has 0 heterocycles. The van der Waals surface area contributed by atoms with Crippen molar-refractivity contribution >= 4 is 82.7 Å². The minimum absolute atomic E-state index is 0. The SMILES string of the molecule is C.CF.CF.Cc1c(C)c(F)c(F)c(F)c1F.FF.FF.FF.FF.Fc1c(F)c(F)c(B(Br)Br)c(B(Br)Br)c1F.[Zn+2].[c-]1ccccc1.[c-]1ccccc1. The van der Waals surface area contributed by atoms with Crippen molar-refractivity contribution in [3.05, 3.63) is 130 Å². The molecule has 0 atom stereocenters. The van der Waals surface area contributed by atoms with Crippen LogP contribution in [-0.4, -0.2) is 23.1 Å². The Morgan fingerprint density at radius 2 is 0.574 bits per heavy atom. The Bertz CT molecular complexity index is 1160. The molecule has 54 heavy (non-hydrogen) atoms. The molecule has 0 N–H and O–H groups in total. The van der Waals surface area contributed by atoms with E-state index in [1.807, 2.05) is 60.7 Å². The van der Waals surface area contributed by atoms with Crippen LogP contribution in [0.3, 0.4) is 0 Å². The van der Waals surface area contributed by atoms with Gasteiger partial charge in [-0.1, -0.05) is 7.43 Å². The van der Waals surface area contributed by atoms with Crippen molar-refractivity contribution in [3.63, 3.8) is 0 Å². The Balaban J connectivity index is -0.0000000822. The summed E-state index contributed by atoms with van der Waals surface area (Å²) < 4.78 is 184. The van der Waals surface area contributed by atoms with Gasteiger partial charge in [-0.25, -0.2) is 35.1 Å². The molecule has 0 radical (unpaired) electrons. The fourth-order valence-corrected chi connectivity index (χ4v) is 4.42. The summed E-state index contributed by atoms with van der Waals surface area (Å²) >= 11 is 11.7. The number of rotatable bonds is 2. The molecule has 4 rings (SSSR count). The molecule has 0 saturated carbocycles. The molecule has 0 fully saturated rings. The van der Waals surface area contributed by atoms with Crippen LogP contribution < -0.4 is 10.9 Å². The number of hydrogen-bond donors (Lipinski definition) is 0. The molecule has 0 saturated heterocycles. The average Bonchev–Trinajstić information content (AvgIpc) is 3.22. The maximum absolute atomic E-state index is 13.4. The van der Waals surface area contributed by atoms with Gasteiger partial charge in [-0.05, 0) is 35.9 Å². The zero-order valence-corrected chi connectivity index (χ0v) is 36.3. The Hall–Kier alpha value is -1.71. The van der Waals surface area contributed by atoms with Gasteiger partial charge < -0.3 is 0 Å². The molecule has 0 spiro atoms. The Labute approximate surface area is 346 Å². The van der Waals surface area contributed by atoms with Crippen molar-refractivity contribution in [3.8, 4) is 0 Å². The topological polar surface area (TPSA) is 0 Å². The summed E-state index contributed by atoms with van der Waals surface area (Å²) in [6.07, 6.45) is 0. The smallest absolute Gasteiger partial charge is 0.255 e. The molecule has 0 unspecified atom stereocenters. The van der Waals surface area contributed by atoms with Crippen molar-refractivity contribution in [1.29, 1.82) is 0 Å². The minimum Gasteiger partial charge on any atom is -0.255 e. The second-order valence-corrected chi connectivity index (χ2v) is 13.5. The van der Waals surface area contributed by atoms with Crippen LogP contribution in [0.25, 0.3) is 0 Å². The first kappa shape index (κ1) is 70.1. The van der Waals surface area contributed by atoms with Gasteiger partial charge in [-0.3, -0.25) is 8.78 Å². The van der Waals surface area contributed by atoms with Gasteiger partial charge >= 0.3 is 28.2 Å². The van der Waals surface area contributed by atoms with Crippen LogP contribution in [0.2, 0.25) is 0 Å². The summed E-state index contributed by atoms with van der Waals surface area (Å²) in [5, 5.41) is 0. The van der Waals surface area contributed by atoms with Gasteiger partial charge in [-0.15, -0.1) is 63.0 Å². The van der Waals surface area contributed by atoms with E-state index in [1.54, 1.807) is 0 Å². The Kier molecular flexibility index (Phi) is 61.6. The van der Waals surface area contributed by atoms with Gasteiger partial charge in [-0.2, -0.15) is 72.8 Å². The van der Waals surface area contributed by atoms with Gasteiger partial charge in [0.15, 0.2) is 46.5 Å². The number of alkyl halides is 2. The van der Waals surface area contributed by atoms with Crippen LogP contribution in [0.15, 0.2) is 60.7 Å². The molecule has 0 nitrogen and oxygen atoms in total. The van der Waals surface area contributed by atoms with E-state index < -0.39 is 55.3 Å². The van der Waals surface area contributed by atoms with Crippen molar-refractivity contribution in [2.45, 2.75) is 21.3 Å². The summed E-state index contributed by atoms with van der Waals surface area (Å²) in [6, 6.07) is 25.0. The fraction of sp³-hybridized carbons (Fsp3) is 0.172. The normalized spacial score (nSPS) is 7.89. The van der Waals surface area contributed by atoms with Crippen molar-refractivity contribution in [2.24, 2.45) is 0 Å². The largest absolute Gasteiger partial charge is 2.00 e. The monoisotopic (exact) mass is 1120 g/mol. The number of hydrogen-bond acceptors (Lipinski definition) is 0. The van der Waals surface area contributed by atoms with Gasteiger partial charge in [0.2, 0.25) is 0 Å². The summed E-state index contributed by atoms with van der Waals surface area (Å²) in [7, 11) is 1.00. The first-order chi connectivity index (χ1) is 24.7. The van der Waals surface area contributed by atoms with Gasteiger partial charge in [0.05, 0.1) is 14.4 Å². The van der Waals surface area contributed by atoms with E-state index >= 15 is 0 Å². The Morgan fingerprint density at radius 1 is 0.389 bits per heavy atom. The van der Waals surface area contributed by atoms with E-state index in [9.17, 15) is 43.9 Å². The second kappa shape index (κ2) is 47.4. The van der Waals surface area contributed by atoms with Crippen LogP contribution in [-0.2, 0) is 19.5 Å². The zero-order chi connectivity index (χ0) is 42.6. The van der Waals surface area contributed by atoms with E-state index in [2.05, 4.69) is 75.2 Å². The predicted octanol–water partition coefficient (Wildman–Crippen LogP) is 14.2. The van der Waals surface area contributed by atoms with Crippen LogP contribution in [0, 0.1) is 72.5 Å². The standard InChI is InChI=1S/C8H6F4.C6B2Br4F4.2C6H5.2CH3F.CH4.4F2.Zn/c1-3-4(2)6(10)8(12)7(11)5(3)9;9-7(10)1-2(8(11)12)4(14)6(16)5(15)3(1)13;2*1-2-4-6-5-3-1;2*1-2;;4*1-2;/h1-2H3;;2*1-5H;2*1H3;1H4;;;;;/q;;2*-1;;;;;;;;+2. The molecule has 0 aliphatic rings. The third-order valence-corrected chi connectivity index (χ3v) is 6.62. The van der Waals surface area contributed by atoms with E-state index in [-0.39, 0.29) is 49.0 Å². The minimum atomic E-state index is -1.83. The first-order valence-corrected chi connectivity index (χ1v) is 15.8. The van der Waals surface area contributed by atoms with Crippen LogP contribution in [0.4, 0.5) is 80.5 Å². The molecule has 0 bridgehead atoms. The predicted molar refractivity (Wildman–Crippen MR) is 189 cm³/mol. The average molecular weight is 1120 g/mol. The Morgan fingerprint density at radius 3 is 0.704 bits per heavy atom. The molecule has 0 amide bonds. The molecule has 0 aliphatic heterocycles. The molecule has 0 aromatic heterocycles. The molecule has 0 aliphatic carbocycles. The van der Waals surface area contributed by atoms with Crippen molar-refractivity contribution < 1.29 is 100.0 Å². The summed E-state index contributed by atoms with van der Waals surface area (Å²) in [5.41, 5.74) is -1.08. The van der Waals surface area contributed by atoms with Gasteiger partial charge in [0.25, 0.3) is 0 Å². The van der Waals surface area contributed by atoms with Gasteiger partial charge in [0.1, 0.15) is 0 Å². The summed E-state index contributed by atoms with van der Waals surface area (Å²) in [5.74, 6) is -12.7. The number of benzene rings is 4. The van der Waals surface area contributed by atoms with Gasteiger partial charge in [0, 0.05) is 36.6 Å². The van der Waals surface area contributed by atoms with Crippen molar-refractivity contribution in [1.82, 2.24) is 0 Å². The zero-order valence-electron chi connectivity index (χ0n) is 27.0. The van der Waals surface area contributed by atoms with Crippen LogP contribution >= 0.6 is 63.0 Å². The maximum Gasteiger partial charge on any atom is 2.00 e. The maximum atomic E-state index is 13.4. The van der Waals surface area contributed by atoms with E-state index in [0.29, 0.717) is 14.4 Å². The quantitative estimate of drug-likeness (QED) is 0.0617. The summed E-state index contributed by atoms with van der Waals surface area (Å²) in [4.78, 5) is 0. The molecule has 4 aromatic carbocycles. The molecule has 304 valence electrons. The van der Waals surface area contributed by atoms with E-state index in [1.165, 1.54) is 13.8 Å². The van der Waals surface area contributed by atoms with Crippen LogP contribution in [0.1, 0.15) is 18.6 Å².